The van der Waals surface area contributed by atoms with Gasteiger partial charge >= 0.3 is 0 Å². The molecule has 0 saturated heterocycles. The third kappa shape index (κ3) is 3.16. The molecule has 0 aliphatic rings. The van der Waals surface area contributed by atoms with Gasteiger partial charge in [-0.2, -0.15) is 0 Å². The molecule has 0 fully saturated rings. The van der Waals surface area contributed by atoms with E-state index in [1.54, 1.807) is 6.92 Å². The first-order chi connectivity index (χ1) is 6.95. The van der Waals surface area contributed by atoms with Gasteiger partial charge in [-0.1, -0.05) is 0 Å². The number of hydrogen-bond acceptors (Lipinski definition) is 2. The van der Waals surface area contributed by atoms with Crippen molar-refractivity contribution < 1.29 is 13.5 Å². The van der Waals surface area contributed by atoms with Crippen LogP contribution in [0.4, 0.5) is 8.78 Å². The lowest BCUT2D eigenvalue weighted by atomic mass is 10.0. The lowest BCUT2D eigenvalue weighted by molar-refractivity contribution is -0.0181. The molecule has 2 N–H and O–H groups in total. The van der Waals surface area contributed by atoms with E-state index in [4.69, 9.17) is 10.5 Å². The molecule has 0 radical (unpaired) electrons. The van der Waals surface area contributed by atoms with Crippen LogP contribution in [0.2, 0.25) is 0 Å². The molecule has 1 atom stereocenters. The van der Waals surface area contributed by atoms with Crippen molar-refractivity contribution in [2.45, 2.75) is 25.3 Å². The molecule has 0 heterocycles. The number of hydrogen-bond donors (Lipinski definition) is 1. The monoisotopic (exact) mass is 215 g/mol. The van der Waals surface area contributed by atoms with Gasteiger partial charge in [0.1, 0.15) is 5.75 Å². The minimum Gasteiger partial charge on any atom is -0.497 e. The fourth-order valence-electron chi connectivity index (χ4n) is 1.36. The topological polar surface area (TPSA) is 35.2 Å². The van der Waals surface area contributed by atoms with Crippen molar-refractivity contribution in [2.24, 2.45) is 5.73 Å². The molecule has 1 unspecified atom stereocenters. The van der Waals surface area contributed by atoms with Crippen LogP contribution in [0.3, 0.4) is 0 Å². The van der Waals surface area contributed by atoms with Gasteiger partial charge in [-0.05, 0) is 31.2 Å². The Morgan fingerprint density at radius 1 is 1.33 bits per heavy atom. The summed E-state index contributed by atoms with van der Waals surface area (Å²) in [7, 11) is 1.50. The summed E-state index contributed by atoms with van der Waals surface area (Å²) in [5.41, 5.74) is 5.34. The first-order valence-electron chi connectivity index (χ1n) is 4.73. The van der Waals surface area contributed by atoms with Crippen molar-refractivity contribution in [3.63, 3.8) is 0 Å². The quantitative estimate of drug-likeness (QED) is 0.837. The smallest absolute Gasteiger partial charge is 0.274 e. The number of methoxy groups -OCH3 is 1. The van der Waals surface area contributed by atoms with Crippen LogP contribution < -0.4 is 10.5 Å². The molecule has 84 valence electrons. The van der Waals surface area contributed by atoms with Crippen LogP contribution in [0.15, 0.2) is 24.3 Å². The Morgan fingerprint density at radius 2 is 1.87 bits per heavy atom. The predicted molar refractivity (Wildman–Crippen MR) is 55.2 cm³/mol. The van der Waals surface area contributed by atoms with Gasteiger partial charge in [-0.25, -0.2) is 8.78 Å². The molecule has 0 saturated carbocycles. The number of benzene rings is 1. The van der Waals surface area contributed by atoms with E-state index in [2.05, 4.69) is 0 Å². The predicted octanol–water partition coefficient (Wildman–Crippen LogP) is 2.52. The number of rotatable bonds is 4. The normalized spacial score (nSPS) is 13.7. The number of alkyl halides is 2. The summed E-state index contributed by atoms with van der Waals surface area (Å²) in [6.07, 6.45) is -0.348. The zero-order valence-electron chi connectivity index (χ0n) is 8.84. The number of halogens is 2. The highest BCUT2D eigenvalue weighted by atomic mass is 19.3. The summed E-state index contributed by atoms with van der Waals surface area (Å²) in [6.45, 7) is 1.57. The van der Waals surface area contributed by atoms with Gasteiger partial charge in [0.05, 0.1) is 7.11 Å². The van der Waals surface area contributed by atoms with E-state index in [0.717, 1.165) is 0 Å². The fourth-order valence-corrected chi connectivity index (χ4v) is 1.36. The number of ether oxygens (including phenoxy) is 1. The Hall–Kier alpha value is -1.16. The van der Waals surface area contributed by atoms with Crippen LogP contribution in [-0.4, -0.2) is 13.2 Å². The molecule has 0 aromatic heterocycles. The van der Waals surface area contributed by atoms with Crippen molar-refractivity contribution in [2.75, 3.05) is 7.11 Å². The van der Waals surface area contributed by atoms with E-state index < -0.39 is 12.0 Å². The molecule has 1 rings (SSSR count). The van der Waals surface area contributed by atoms with E-state index in [9.17, 15) is 8.78 Å². The van der Waals surface area contributed by atoms with Crippen LogP contribution in [-0.2, 0) is 5.92 Å². The molecule has 1 aromatic carbocycles. The van der Waals surface area contributed by atoms with Gasteiger partial charge in [-0.3, -0.25) is 0 Å². The van der Waals surface area contributed by atoms with E-state index >= 15 is 0 Å². The third-order valence-electron chi connectivity index (χ3n) is 2.09. The molecule has 0 amide bonds. The van der Waals surface area contributed by atoms with Gasteiger partial charge in [0.15, 0.2) is 0 Å². The lowest BCUT2D eigenvalue weighted by Gasteiger charge is -2.18. The van der Waals surface area contributed by atoms with Crippen molar-refractivity contribution in [3.8, 4) is 5.75 Å². The highest BCUT2D eigenvalue weighted by Crippen LogP contribution is 2.33. The minimum absolute atomic E-state index is 0.0272. The average Bonchev–Trinajstić information content (AvgIpc) is 2.16. The molecule has 0 bridgehead atoms. The third-order valence-corrected chi connectivity index (χ3v) is 2.09. The maximum atomic E-state index is 13.5. The van der Waals surface area contributed by atoms with Gasteiger partial charge < -0.3 is 10.5 Å². The molecule has 0 aliphatic heterocycles. The van der Waals surface area contributed by atoms with Crippen LogP contribution in [0, 0.1) is 0 Å². The Bertz CT molecular complexity index is 309. The van der Waals surface area contributed by atoms with Gasteiger partial charge in [0, 0.05) is 18.0 Å². The molecule has 2 nitrogen and oxygen atoms in total. The second-order valence-electron chi connectivity index (χ2n) is 3.61. The van der Waals surface area contributed by atoms with Crippen molar-refractivity contribution >= 4 is 0 Å². The highest BCUT2D eigenvalue weighted by molar-refractivity contribution is 5.29. The summed E-state index contributed by atoms with van der Waals surface area (Å²) in [5, 5.41) is 0. The molecule has 0 spiro atoms. The van der Waals surface area contributed by atoms with E-state index in [1.165, 1.54) is 31.4 Å². The Labute approximate surface area is 88.0 Å². The fraction of sp³-hybridized carbons (Fsp3) is 0.455. The van der Waals surface area contributed by atoms with E-state index in [-0.39, 0.29) is 12.0 Å². The second kappa shape index (κ2) is 4.57. The molecule has 4 heteroatoms. The van der Waals surface area contributed by atoms with Gasteiger partial charge in [0.2, 0.25) is 0 Å². The maximum Gasteiger partial charge on any atom is 0.274 e. The first-order valence-corrected chi connectivity index (χ1v) is 4.73. The Balaban J connectivity index is 2.85. The van der Waals surface area contributed by atoms with Crippen LogP contribution >= 0.6 is 0 Å². The van der Waals surface area contributed by atoms with E-state index in [0.29, 0.717) is 5.75 Å². The standard InChI is InChI=1S/C11H15F2NO/c1-8(14)7-11(12,13)9-3-5-10(15-2)6-4-9/h3-6,8H,7,14H2,1-2H3. The van der Waals surface area contributed by atoms with Crippen molar-refractivity contribution in [1.82, 2.24) is 0 Å². The molecule has 0 aliphatic carbocycles. The van der Waals surface area contributed by atoms with Crippen LogP contribution in [0.1, 0.15) is 18.9 Å². The molecule has 1 aromatic rings. The summed E-state index contributed by atoms with van der Waals surface area (Å²) >= 11 is 0. The van der Waals surface area contributed by atoms with Crippen LogP contribution in [0.5, 0.6) is 5.75 Å². The maximum absolute atomic E-state index is 13.5. The van der Waals surface area contributed by atoms with Gasteiger partial charge in [0.25, 0.3) is 5.92 Å². The van der Waals surface area contributed by atoms with Crippen LogP contribution in [0.25, 0.3) is 0 Å². The zero-order chi connectivity index (χ0) is 11.5. The zero-order valence-corrected chi connectivity index (χ0v) is 8.84. The van der Waals surface area contributed by atoms with Crippen molar-refractivity contribution in [1.29, 1.82) is 0 Å². The lowest BCUT2D eigenvalue weighted by Crippen LogP contribution is -2.26. The summed E-state index contributed by atoms with van der Waals surface area (Å²) in [5.74, 6) is -2.31. The second-order valence-corrected chi connectivity index (χ2v) is 3.61. The SMILES string of the molecule is COc1ccc(C(F)(F)CC(C)N)cc1. The molecule has 15 heavy (non-hydrogen) atoms. The van der Waals surface area contributed by atoms with Crippen molar-refractivity contribution in [3.05, 3.63) is 29.8 Å². The largest absolute Gasteiger partial charge is 0.497 e. The molecular weight excluding hydrogens is 200 g/mol. The first kappa shape index (κ1) is 11.9. The average molecular weight is 215 g/mol. The summed E-state index contributed by atoms with van der Waals surface area (Å²) in [6, 6.07) is 5.24. The Kier molecular flexibility index (Phi) is 3.63. The summed E-state index contributed by atoms with van der Waals surface area (Å²) in [4.78, 5) is 0. The van der Waals surface area contributed by atoms with Gasteiger partial charge in [-0.15, -0.1) is 0 Å². The highest BCUT2D eigenvalue weighted by Gasteiger charge is 2.32. The molecular formula is C11H15F2NO. The Morgan fingerprint density at radius 3 is 2.27 bits per heavy atom. The summed E-state index contributed by atoms with van der Waals surface area (Å²) < 4.78 is 31.9. The van der Waals surface area contributed by atoms with E-state index in [1.807, 2.05) is 0 Å². The minimum atomic E-state index is -2.87. The number of nitrogens with two attached hydrogens (primary N) is 1.